The Balaban J connectivity index is 1.74. The van der Waals surface area contributed by atoms with Crippen LogP contribution in [0.5, 0.6) is 0 Å². The van der Waals surface area contributed by atoms with E-state index in [1.807, 2.05) is 55.8 Å². The predicted octanol–water partition coefficient (Wildman–Crippen LogP) is 5.23. The van der Waals surface area contributed by atoms with Crippen LogP contribution < -0.4 is 10.0 Å². The van der Waals surface area contributed by atoms with Crippen LogP contribution in [0, 0.1) is 10.8 Å². The second-order valence-electron chi connectivity index (χ2n) is 13.9. The fraction of sp³-hybridized carbons (Fsp3) is 0.567. The Morgan fingerprint density at radius 2 is 2.00 bits per heavy atom. The van der Waals surface area contributed by atoms with Crippen LogP contribution >= 0.6 is 0 Å². The van der Waals surface area contributed by atoms with Gasteiger partial charge in [-0.15, -0.1) is 0 Å². The van der Waals surface area contributed by atoms with Crippen molar-refractivity contribution >= 4 is 35.0 Å². The van der Waals surface area contributed by atoms with Crippen LogP contribution in [0.4, 0.5) is 0 Å². The zero-order chi connectivity index (χ0) is 30.2. The Labute approximate surface area is 245 Å². The molecule has 3 aromatic rings. The third-order valence-electron chi connectivity index (χ3n) is 7.66. The fourth-order valence-electron chi connectivity index (χ4n) is 5.19. The van der Waals surface area contributed by atoms with Gasteiger partial charge in [0.1, 0.15) is 12.2 Å². The lowest BCUT2D eigenvalue weighted by molar-refractivity contribution is 0.0849. The van der Waals surface area contributed by atoms with E-state index in [-0.39, 0.29) is 11.2 Å². The molecular weight excluding hydrogens is 555 g/mol. The third-order valence-corrected chi connectivity index (χ3v) is 10.0. The van der Waals surface area contributed by atoms with E-state index in [2.05, 4.69) is 36.6 Å². The quantitative estimate of drug-likeness (QED) is 0.176. The summed E-state index contributed by atoms with van der Waals surface area (Å²) in [5.41, 5.74) is 3.08. The first-order valence-electron chi connectivity index (χ1n) is 14.2. The van der Waals surface area contributed by atoms with Crippen molar-refractivity contribution in [2.75, 3.05) is 26.0 Å². The van der Waals surface area contributed by atoms with Crippen LogP contribution in [-0.2, 0) is 21.5 Å². The number of hydrogen-bond acceptors (Lipinski definition) is 7. The first kappa shape index (κ1) is 31.5. The molecule has 0 amide bonds. The first-order valence-corrected chi connectivity index (χ1v) is 19.8. The smallest absolute Gasteiger partial charge is 0.209 e. The standard InChI is InChI=1S/C30H45N5O4SSi/c1-29(2,3)27(36)23-18-35(20-39-14-15-41(6,7)8)28-25(23)33-24(17-32-28)21-10-9-11-22(16-21)26(34-40(5,37)38)30(4)12-13-31-19-30/h9-11,16-18,26,31,34H,12-15,19-20H2,1-8H3. The van der Waals surface area contributed by atoms with E-state index >= 15 is 0 Å². The number of sulfonamides is 1. The molecule has 9 nitrogen and oxygen atoms in total. The van der Waals surface area contributed by atoms with Gasteiger partial charge in [-0.1, -0.05) is 65.5 Å². The molecule has 0 saturated carbocycles. The normalized spacial score (nSPS) is 19.1. The minimum atomic E-state index is -3.45. The van der Waals surface area contributed by atoms with Crippen molar-refractivity contribution < 1.29 is 17.9 Å². The van der Waals surface area contributed by atoms with E-state index in [0.29, 0.717) is 42.3 Å². The van der Waals surface area contributed by atoms with E-state index in [4.69, 9.17) is 14.7 Å². The molecule has 224 valence electrons. The fourth-order valence-corrected chi connectivity index (χ4v) is 6.79. The van der Waals surface area contributed by atoms with Crippen molar-refractivity contribution in [2.24, 2.45) is 10.8 Å². The second-order valence-corrected chi connectivity index (χ2v) is 21.3. The van der Waals surface area contributed by atoms with E-state index < -0.39 is 29.6 Å². The maximum atomic E-state index is 13.5. The molecule has 1 saturated heterocycles. The van der Waals surface area contributed by atoms with Gasteiger partial charge in [0, 0.05) is 43.8 Å². The summed E-state index contributed by atoms with van der Waals surface area (Å²) in [5, 5.41) is 3.37. The summed E-state index contributed by atoms with van der Waals surface area (Å²) in [6.45, 7) is 17.3. The molecule has 1 aliphatic heterocycles. The number of benzene rings is 1. The van der Waals surface area contributed by atoms with E-state index in [1.165, 1.54) is 6.26 Å². The molecule has 0 bridgehead atoms. The molecule has 2 aromatic heterocycles. The van der Waals surface area contributed by atoms with Gasteiger partial charge < -0.3 is 14.6 Å². The number of rotatable bonds is 11. The molecule has 0 spiro atoms. The molecule has 3 heterocycles. The number of hydrogen-bond donors (Lipinski definition) is 2. The van der Waals surface area contributed by atoms with Gasteiger partial charge in [-0.05, 0) is 30.6 Å². The summed E-state index contributed by atoms with van der Waals surface area (Å²) >= 11 is 0. The van der Waals surface area contributed by atoms with Crippen molar-refractivity contribution in [2.45, 2.75) is 72.6 Å². The molecule has 1 aromatic carbocycles. The largest absolute Gasteiger partial charge is 0.361 e. The number of nitrogens with one attached hydrogen (secondary N) is 2. The van der Waals surface area contributed by atoms with E-state index in [9.17, 15) is 13.2 Å². The molecule has 2 unspecified atom stereocenters. The zero-order valence-electron chi connectivity index (χ0n) is 25.7. The summed E-state index contributed by atoms with van der Waals surface area (Å²) in [5.74, 6) is -0.0115. The molecule has 1 aliphatic rings. The molecule has 1 fully saturated rings. The number of Topliss-reactive ketones (excluding diaryl/α,β-unsaturated/α-hetero) is 1. The molecule has 2 N–H and O–H groups in total. The lowest BCUT2D eigenvalue weighted by atomic mass is 9.78. The van der Waals surface area contributed by atoms with Gasteiger partial charge in [0.25, 0.3) is 0 Å². The molecule has 0 aliphatic carbocycles. The Morgan fingerprint density at radius 3 is 2.61 bits per heavy atom. The van der Waals surface area contributed by atoms with Crippen LogP contribution in [0.2, 0.25) is 25.7 Å². The average molecular weight is 600 g/mol. The summed E-state index contributed by atoms with van der Waals surface area (Å²) in [7, 11) is -4.68. The van der Waals surface area contributed by atoms with Gasteiger partial charge in [0.15, 0.2) is 11.4 Å². The van der Waals surface area contributed by atoms with Crippen molar-refractivity contribution in [3.05, 3.63) is 47.8 Å². The van der Waals surface area contributed by atoms with Crippen LogP contribution in [0.3, 0.4) is 0 Å². The third kappa shape index (κ3) is 7.69. The molecular formula is C30H45N5O4SSi. The van der Waals surface area contributed by atoms with E-state index in [0.717, 1.165) is 30.1 Å². The Kier molecular flexibility index (Phi) is 8.97. The molecule has 2 atom stereocenters. The number of carbonyl (C=O) groups is 1. The summed E-state index contributed by atoms with van der Waals surface area (Å²) in [6, 6.07) is 8.42. The summed E-state index contributed by atoms with van der Waals surface area (Å²) in [4.78, 5) is 23.2. The van der Waals surface area contributed by atoms with Crippen LogP contribution in [-0.4, -0.2) is 62.8 Å². The van der Waals surface area contributed by atoms with Gasteiger partial charge in [-0.2, -0.15) is 0 Å². The Bertz CT molecular complexity index is 1520. The molecule has 0 radical (unpaired) electrons. The molecule has 4 rings (SSSR count). The highest BCUT2D eigenvalue weighted by molar-refractivity contribution is 7.88. The van der Waals surface area contributed by atoms with Gasteiger partial charge >= 0.3 is 0 Å². The first-order chi connectivity index (χ1) is 19.0. The zero-order valence-corrected chi connectivity index (χ0v) is 27.5. The highest BCUT2D eigenvalue weighted by Gasteiger charge is 2.39. The SMILES string of the molecule is CC(C)(C)C(=O)c1cn(COCC[Si](C)(C)C)c2ncc(-c3cccc(C(NS(C)(=O)=O)C4(C)CCNC4)c3)nc12. The number of ketones is 1. The maximum absolute atomic E-state index is 13.5. The minimum Gasteiger partial charge on any atom is -0.361 e. The number of fused-ring (bicyclic) bond motifs is 1. The minimum absolute atomic E-state index is 0.0115. The summed E-state index contributed by atoms with van der Waals surface area (Å²) in [6.07, 6.45) is 5.57. The Morgan fingerprint density at radius 1 is 1.27 bits per heavy atom. The lowest BCUT2D eigenvalue weighted by Gasteiger charge is -2.34. The van der Waals surface area contributed by atoms with Crippen molar-refractivity contribution in [3.63, 3.8) is 0 Å². The second kappa shape index (κ2) is 11.7. The average Bonchev–Trinajstić information content (AvgIpc) is 3.47. The van der Waals surface area contributed by atoms with Crippen LogP contribution in [0.25, 0.3) is 22.4 Å². The van der Waals surface area contributed by atoms with E-state index in [1.54, 1.807) is 6.20 Å². The maximum Gasteiger partial charge on any atom is 0.209 e. The predicted molar refractivity (Wildman–Crippen MR) is 167 cm³/mol. The van der Waals surface area contributed by atoms with Crippen molar-refractivity contribution in [1.82, 2.24) is 24.6 Å². The summed E-state index contributed by atoms with van der Waals surface area (Å²) < 4.78 is 35.4. The molecule has 11 heteroatoms. The Hall–Kier alpha value is -2.44. The van der Waals surface area contributed by atoms with Crippen molar-refractivity contribution in [1.29, 1.82) is 0 Å². The number of carbonyl (C=O) groups excluding carboxylic acids is 1. The molecule has 41 heavy (non-hydrogen) atoms. The highest BCUT2D eigenvalue weighted by atomic mass is 32.2. The van der Waals surface area contributed by atoms with Crippen LogP contribution in [0.15, 0.2) is 36.7 Å². The van der Waals surface area contributed by atoms with Crippen molar-refractivity contribution in [3.8, 4) is 11.3 Å². The number of ether oxygens (including phenoxy) is 1. The van der Waals surface area contributed by atoms with Gasteiger partial charge in [0.05, 0.1) is 29.8 Å². The highest BCUT2D eigenvalue weighted by Crippen LogP contribution is 2.40. The van der Waals surface area contributed by atoms with Gasteiger partial charge in [-0.25, -0.2) is 23.1 Å². The monoisotopic (exact) mass is 599 g/mol. The van der Waals surface area contributed by atoms with Gasteiger partial charge in [-0.3, -0.25) is 4.79 Å². The van der Waals surface area contributed by atoms with Gasteiger partial charge in [0.2, 0.25) is 10.0 Å². The lowest BCUT2D eigenvalue weighted by Crippen LogP contribution is -2.40. The topological polar surface area (TPSA) is 115 Å². The number of nitrogens with zero attached hydrogens (tertiary/aromatic N) is 3. The van der Waals surface area contributed by atoms with Crippen LogP contribution in [0.1, 0.15) is 56.1 Å². The number of aromatic nitrogens is 3.